The third-order valence-corrected chi connectivity index (χ3v) is 3.31. The van der Waals surface area contributed by atoms with Crippen LogP contribution in [0.2, 0.25) is 0 Å². The first-order chi connectivity index (χ1) is 9.20. The predicted molar refractivity (Wildman–Crippen MR) is 76.3 cm³/mol. The Morgan fingerprint density at radius 3 is 2.84 bits per heavy atom. The number of nitrogens with one attached hydrogen (secondary N) is 1. The first-order valence-electron chi connectivity index (χ1n) is 6.03. The minimum atomic E-state index is -0.123. The van der Waals surface area contributed by atoms with Crippen molar-refractivity contribution >= 4 is 23.1 Å². The van der Waals surface area contributed by atoms with E-state index in [0.29, 0.717) is 18.1 Å². The predicted octanol–water partition coefficient (Wildman–Crippen LogP) is 2.24. The number of amides is 1. The molecule has 5 nitrogen and oxygen atoms in total. The number of rotatable bonds is 5. The van der Waals surface area contributed by atoms with Gasteiger partial charge in [-0.3, -0.25) is 4.79 Å². The average molecular weight is 276 g/mol. The lowest BCUT2D eigenvalue weighted by atomic mass is 10.3. The minimum Gasteiger partial charge on any atom is -0.369 e. The monoisotopic (exact) mass is 276 g/mol. The minimum absolute atomic E-state index is 0.123. The molecule has 0 bridgehead atoms. The van der Waals surface area contributed by atoms with Crippen molar-refractivity contribution in [1.82, 2.24) is 14.9 Å². The molecule has 0 aliphatic rings. The smallest absolute Gasteiger partial charge is 0.274 e. The summed E-state index contributed by atoms with van der Waals surface area (Å²) in [6, 6.07) is 2.01. The average Bonchev–Trinajstić information content (AvgIpc) is 2.92. The number of carbonyl (C=O) groups is 1. The number of hydrogen-bond acceptors (Lipinski definition) is 5. The number of thiophene rings is 1. The highest BCUT2D eigenvalue weighted by Gasteiger charge is 2.14. The van der Waals surface area contributed by atoms with E-state index in [9.17, 15) is 4.79 Å². The quantitative estimate of drug-likeness (QED) is 0.910. The van der Waals surface area contributed by atoms with Gasteiger partial charge >= 0.3 is 0 Å². The summed E-state index contributed by atoms with van der Waals surface area (Å²) in [7, 11) is 1.76. The van der Waals surface area contributed by atoms with Crippen LogP contribution in [0, 0.1) is 0 Å². The Kier molecular flexibility index (Phi) is 4.46. The number of nitrogens with zero attached hydrogens (tertiary/aromatic N) is 3. The molecule has 2 rings (SSSR count). The Hall–Kier alpha value is -1.95. The zero-order valence-electron chi connectivity index (χ0n) is 11.0. The molecule has 2 aromatic rings. The van der Waals surface area contributed by atoms with Crippen molar-refractivity contribution in [3.63, 3.8) is 0 Å². The number of anilines is 1. The van der Waals surface area contributed by atoms with Crippen LogP contribution in [0.4, 0.5) is 5.82 Å². The van der Waals surface area contributed by atoms with Gasteiger partial charge in [-0.25, -0.2) is 9.97 Å². The van der Waals surface area contributed by atoms with Crippen molar-refractivity contribution in [2.75, 3.05) is 18.9 Å². The molecule has 2 heterocycles. The van der Waals surface area contributed by atoms with E-state index in [0.717, 1.165) is 12.1 Å². The molecule has 0 saturated carbocycles. The lowest BCUT2D eigenvalue weighted by Crippen LogP contribution is -2.27. The fourth-order valence-corrected chi connectivity index (χ4v) is 2.29. The Labute approximate surface area is 116 Å². The Balaban J connectivity index is 2.02. The van der Waals surface area contributed by atoms with Crippen LogP contribution in [-0.4, -0.2) is 34.4 Å². The summed E-state index contributed by atoms with van der Waals surface area (Å²) in [6.07, 6.45) is 3.08. The molecule has 6 heteroatoms. The highest BCUT2D eigenvalue weighted by Crippen LogP contribution is 2.10. The Morgan fingerprint density at radius 2 is 2.26 bits per heavy atom. The van der Waals surface area contributed by atoms with Crippen molar-refractivity contribution in [2.24, 2.45) is 0 Å². The third-order valence-electron chi connectivity index (χ3n) is 2.58. The van der Waals surface area contributed by atoms with E-state index in [4.69, 9.17) is 0 Å². The summed E-state index contributed by atoms with van der Waals surface area (Å²) in [5.74, 6) is 0.557. The van der Waals surface area contributed by atoms with Crippen LogP contribution in [-0.2, 0) is 6.54 Å². The van der Waals surface area contributed by atoms with Crippen molar-refractivity contribution in [3.05, 3.63) is 40.5 Å². The van der Waals surface area contributed by atoms with Gasteiger partial charge in [0.05, 0.1) is 12.4 Å². The molecule has 1 N–H and O–H groups in total. The molecular weight excluding hydrogens is 260 g/mol. The molecular formula is C13H16N4OS. The van der Waals surface area contributed by atoms with E-state index in [2.05, 4.69) is 15.3 Å². The van der Waals surface area contributed by atoms with E-state index in [1.165, 1.54) is 6.20 Å². The van der Waals surface area contributed by atoms with Gasteiger partial charge in [0, 0.05) is 20.1 Å². The molecule has 0 spiro atoms. The SMILES string of the molecule is CCNc1cnc(C(=O)N(C)Cc2ccsc2)cn1. The Bertz CT molecular complexity index is 524. The van der Waals surface area contributed by atoms with Crippen molar-refractivity contribution in [3.8, 4) is 0 Å². The van der Waals surface area contributed by atoms with E-state index >= 15 is 0 Å². The second-order valence-corrected chi connectivity index (χ2v) is 4.89. The summed E-state index contributed by atoms with van der Waals surface area (Å²) < 4.78 is 0. The van der Waals surface area contributed by atoms with Crippen LogP contribution in [0.5, 0.6) is 0 Å². The second kappa shape index (κ2) is 6.29. The highest BCUT2D eigenvalue weighted by molar-refractivity contribution is 7.07. The summed E-state index contributed by atoms with van der Waals surface area (Å²) in [5.41, 5.74) is 1.48. The first-order valence-corrected chi connectivity index (χ1v) is 6.97. The molecule has 2 aromatic heterocycles. The van der Waals surface area contributed by atoms with Crippen molar-refractivity contribution in [2.45, 2.75) is 13.5 Å². The summed E-state index contributed by atoms with van der Waals surface area (Å²) in [4.78, 5) is 22.1. The van der Waals surface area contributed by atoms with Gasteiger partial charge in [0.2, 0.25) is 0 Å². The lowest BCUT2D eigenvalue weighted by Gasteiger charge is -2.15. The molecule has 0 atom stereocenters. The topological polar surface area (TPSA) is 58.1 Å². The van der Waals surface area contributed by atoms with Gasteiger partial charge in [0.15, 0.2) is 0 Å². The highest BCUT2D eigenvalue weighted by atomic mass is 32.1. The van der Waals surface area contributed by atoms with Gasteiger partial charge in [0.1, 0.15) is 11.5 Å². The van der Waals surface area contributed by atoms with Crippen LogP contribution in [0.15, 0.2) is 29.2 Å². The molecule has 100 valence electrons. The second-order valence-electron chi connectivity index (χ2n) is 4.11. The lowest BCUT2D eigenvalue weighted by molar-refractivity contribution is 0.0779. The molecule has 0 aliphatic heterocycles. The molecule has 0 saturated heterocycles. The summed E-state index contributed by atoms with van der Waals surface area (Å²) >= 11 is 1.62. The fourth-order valence-electron chi connectivity index (χ4n) is 1.63. The van der Waals surface area contributed by atoms with Gasteiger partial charge in [-0.05, 0) is 29.3 Å². The molecule has 0 aromatic carbocycles. The van der Waals surface area contributed by atoms with E-state index in [-0.39, 0.29) is 5.91 Å². The fraction of sp³-hybridized carbons (Fsp3) is 0.308. The summed E-state index contributed by atoms with van der Waals surface area (Å²) in [5, 5.41) is 7.07. The number of hydrogen-bond donors (Lipinski definition) is 1. The molecule has 0 aliphatic carbocycles. The van der Waals surface area contributed by atoms with Gasteiger partial charge in [0.25, 0.3) is 5.91 Å². The molecule has 0 unspecified atom stereocenters. The van der Waals surface area contributed by atoms with Crippen LogP contribution in [0.25, 0.3) is 0 Å². The first kappa shape index (κ1) is 13.5. The van der Waals surface area contributed by atoms with E-state index in [1.807, 2.05) is 23.8 Å². The van der Waals surface area contributed by atoms with Crippen LogP contribution in [0.3, 0.4) is 0 Å². The number of carbonyl (C=O) groups excluding carboxylic acids is 1. The van der Waals surface area contributed by atoms with Crippen molar-refractivity contribution in [1.29, 1.82) is 0 Å². The van der Waals surface area contributed by atoms with Gasteiger partial charge in [-0.2, -0.15) is 11.3 Å². The van der Waals surface area contributed by atoms with Gasteiger partial charge < -0.3 is 10.2 Å². The molecule has 19 heavy (non-hydrogen) atoms. The third kappa shape index (κ3) is 3.51. The van der Waals surface area contributed by atoms with Crippen LogP contribution >= 0.6 is 11.3 Å². The maximum atomic E-state index is 12.1. The number of aromatic nitrogens is 2. The zero-order valence-corrected chi connectivity index (χ0v) is 11.8. The van der Waals surface area contributed by atoms with Gasteiger partial charge in [-0.15, -0.1) is 0 Å². The Morgan fingerprint density at radius 1 is 1.42 bits per heavy atom. The normalized spacial score (nSPS) is 10.2. The zero-order chi connectivity index (χ0) is 13.7. The molecule has 0 radical (unpaired) electrons. The van der Waals surface area contributed by atoms with E-state index in [1.54, 1.807) is 29.5 Å². The maximum absolute atomic E-state index is 12.1. The van der Waals surface area contributed by atoms with Crippen LogP contribution < -0.4 is 5.32 Å². The maximum Gasteiger partial charge on any atom is 0.274 e. The van der Waals surface area contributed by atoms with Gasteiger partial charge in [-0.1, -0.05) is 0 Å². The molecule has 0 fully saturated rings. The largest absolute Gasteiger partial charge is 0.369 e. The van der Waals surface area contributed by atoms with E-state index < -0.39 is 0 Å². The molecule has 1 amide bonds. The van der Waals surface area contributed by atoms with Crippen molar-refractivity contribution < 1.29 is 4.79 Å². The van der Waals surface area contributed by atoms with Crippen LogP contribution in [0.1, 0.15) is 23.0 Å². The summed E-state index contributed by atoms with van der Waals surface area (Å²) in [6.45, 7) is 3.34. The standard InChI is InChI=1S/C13H16N4OS/c1-3-14-12-7-15-11(6-16-12)13(18)17(2)8-10-4-5-19-9-10/h4-7,9H,3,8H2,1-2H3,(H,14,16).